The highest BCUT2D eigenvalue weighted by atomic mass is 79.9. The van der Waals surface area contributed by atoms with Gasteiger partial charge >= 0.3 is 0 Å². The fourth-order valence-electron chi connectivity index (χ4n) is 4.50. The van der Waals surface area contributed by atoms with Crippen molar-refractivity contribution in [1.82, 2.24) is 4.90 Å². The number of anilines is 1. The molecule has 0 radical (unpaired) electrons. The van der Waals surface area contributed by atoms with Gasteiger partial charge in [0.05, 0.1) is 16.3 Å². The molecule has 2 heterocycles. The number of nitrogens with zero attached hydrogens (tertiary/aromatic N) is 2. The van der Waals surface area contributed by atoms with Crippen molar-refractivity contribution < 1.29 is 18.0 Å². The fourth-order valence-corrected chi connectivity index (χ4v) is 6.67. The van der Waals surface area contributed by atoms with Crippen LogP contribution in [0, 0.1) is 11.8 Å². The first-order valence-corrected chi connectivity index (χ1v) is 12.7. The molecule has 8 heteroatoms. The van der Waals surface area contributed by atoms with Gasteiger partial charge in [-0.3, -0.25) is 9.59 Å². The Balaban J connectivity index is 1.81. The quantitative estimate of drug-likeness (QED) is 0.641. The van der Waals surface area contributed by atoms with Gasteiger partial charge < -0.3 is 9.80 Å². The number of rotatable bonds is 5. The number of benzene rings is 1. The predicted molar refractivity (Wildman–Crippen MR) is 117 cm³/mol. The Morgan fingerprint density at radius 3 is 2.41 bits per heavy atom. The average Bonchev–Trinajstić information content (AvgIpc) is 3.07. The summed E-state index contributed by atoms with van der Waals surface area (Å²) in [6.07, 6.45) is 2.00. The van der Waals surface area contributed by atoms with E-state index in [0.717, 1.165) is 12.0 Å². The summed E-state index contributed by atoms with van der Waals surface area (Å²) in [6.45, 7) is 7.88. The number of fused-ring (bicyclic) bond motifs is 1. The van der Waals surface area contributed by atoms with Crippen LogP contribution in [0.2, 0.25) is 0 Å². The maximum absolute atomic E-state index is 13.2. The lowest BCUT2D eigenvalue weighted by Crippen LogP contribution is -2.43. The molecule has 1 fully saturated rings. The summed E-state index contributed by atoms with van der Waals surface area (Å²) in [4.78, 5) is 28.5. The standard InChI is InChI=1S/C21H29BrN2O4S/c1-4-19(25)24-7-5-16-10-17(22)11-18(21(16)24)29(27,28)8-6-20(26)23-12-14(2)9-15(3)13-23/h10-11,14-15H,4-9,12-13H2,1-3H3/t14-,15-/m1/s1. The van der Waals surface area contributed by atoms with Gasteiger partial charge in [-0.05, 0) is 42.4 Å². The minimum Gasteiger partial charge on any atom is -0.342 e. The van der Waals surface area contributed by atoms with Crippen LogP contribution in [-0.4, -0.2) is 50.5 Å². The third kappa shape index (κ3) is 4.85. The number of likely N-dealkylation sites (tertiary alicyclic amines) is 1. The Hall–Kier alpha value is -1.41. The van der Waals surface area contributed by atoms with E-state index in [0.29, 0.717) is 54.5 Å². The van der Waals surface area contributed by atoms with Crippen LogP contribution < -0.4 is 4.90 Å². The summed E-state index contributed by atoms with van der Waals surface area (Å²) in [5.74, 6) is 0.417. The lowest BCUT2D eigenvalue weighted by molar-refractivity contribution is -0.133. The van der Waals surface area contributed by atoms with Crippen molar-refractivity contribution in [3.63, 3.8) is 0 Å². The van der Waals surface area contributed by atoms with Crippen LogP contribution in [0.25, 0.3) is 0 Å². The van der Waals surface area contributed by atoms with Gasteiger partial charge in [-0.15, -0.1) is 0 Å². The van der Waals surface area contributed by atoms with Crippen molar-refractivity contribution in [3.8, 4) is 0 Å². The minimum atomic E-state index is -3.71. The first-order valence-electron chi connectivity index (χ1n) is 10.3. The summed E-state index contributed by atoms with van der Waals surface area (Å²) in [5.41, 5.74) is 1.34. The second-order valence-electron chi connectivity index (χ2n) is 8.37. The number of amides is 2. The van der Waals surface area contributed by atoms with Crippen molar-refractivity contribution in [2.75, 3.05) is 30.3 Å². The zero-order valence-electron chi connectivity index (χ0n) is 17.3. The lowest BCUT2D eigenvalue weighted by Gasteiger charge is -2.35. The maximum Gasteiger partial charge on any atom is 0.226 e. The Morgan fingerprint density at radius 2 is 1.79 bits per heavy atom. The van der Waals surface area contributed by atoms with Crippen molar-refractivity contribution in [3.05, 3.63) is 22.2 Å². The molecule has 1 saturated heterocycles. The molecule has 160 valence electrons. The topological polar surface area (TPSA) is 74.8 Å². The third-order valence-electron chi connectivity index (χ3n) is 5.74. The number of hydrogen-bond donors (Lipinski definition) is 0. The summed E-state index contributed by atoms with van der Waals surface area (Å²) in [6, 6.07) is 3.43. The highest BCUT2D eigenvalue weighted by Gasteiger charge is 2.33. The molecule has 29 heavy (non-hydrogen) atoms. The molecule has 1 aromatic carbocycles. The first-order chi connectivity index (χ1) is 13.6. The van der Waals surface area contributed by atoms with Gasteiger partial charge in [-0.25, -0.2) is 8.42 Å². The molecule has 2 atom stereocenters. The van der Waals surface area contributed by atoms with E-state index in [-0.39, 0.29) is 28.9 Å². The summed E-state index contributed by atoms with van der Waals surface area (Å²) in [5, 5.41) is 0. The van der Waals surface area contributed by atoms with Gasteiger partial charge in [0, 0.05) is 36.9 Å². The van der Waals surface area contributed by atoms with Crippen LogP contribution in [0.1, 0.15) is 45.6 Å². The summed E-state index contributed by atoms with van der Waals surface area (Å²) < 4.78 is 27.0. The second-order valence-corrected chi connectivity index (χ2v) is 11.4. The minimum absolute atomic E-state index is 0.0369. The third-order valence-corrected chi connectivity index (χ3v) is 7.92. The maximum atomic E-state index is 13.2. The van der Waals surface area contributed by atoms with Crippen molar-refractivity contribution >= 4 is 43.3 Å². The van der Waals surface area contributed by atoms with Gasteiger partial charge in [-0.1, -0.05) is 36.7 Å². The van der Waals surface area contributed by atoms with E-state index >= 15 is 0 Å². The number of halogens is 1. The number of carbonyl (C=O) groups excluding carboxylic acids is 2. The van der Waals surface area contributed by atoms with Crippen LogP contribution >= 0.6 is 15.9 Å². The fraction of sp³-hybridized carbons (Fsp3) is 0.619. The van der Waals surface area contributed by atoms with Crippen LogP contribution in [0.5, 0.6) is 0 Å². The van der Waals surface area contributed by atoms with Gasteiger partial charge in [0.1, 0.15) is 0 Å². The van der Waals surface area contributed by atoms with Gasteiger partial charge in [-0.2, -0.15) is 0 Å². The van der Waals surface area contributed by atoms with E-state index in [2.05, 4.69) is 29.8 Å². The molecule has 0 unspecified atom stereocenters. The van der Waals surface area contributed by atoms with E-state index < -0.39 is 9.84 Å². The number of hydrogen-bond acceptors (Lipinski definition) is 4. The molecule has 0 aromatic heterocycles. The van der Waals surface area contributed by atoms with Crippen molar-refractivity contribution in [1.29, 1.82) is 0 Å². The molecule has 2 aliphatic rings. The Bertz CT molecular complexity index is 906. The molecule has 3 rings (SSSR count). The normalized spacial score (nSPS) is 21.9. The summed E-state index contributed by atoms with van der Waals surface area (Å²) >= 11 is 3.39. The smallest absolute Gasteiger partial charge is 0.226 e. The van der Waals surface area contributed by atoms with Gasteiger partial charge in [0.15, 0.2) is 9.84 Å². The zero-order valence-corrected chi connectivity index (χ0v) is 19.7. The number of piperidine rings is 1. The predicted octanol–water partition coefficient (Wildman–Crippen LogP) is 3.42. The van der Waals surface area contributed by atoms with Crippen LogP contribution in [0.3, 0.4) is 0 Å². The molecule has 1 aromatic rings. The average molecular weight is 485 g/mol. The van der Waals surface area contributed by atoms with Crippen LogP contribution in [0.4, 0.5) is 5.69 Å². The van der Waals surface area contributed by atoms with E-state index in [1.165, 1.54) is 0 Å². The molecule has 0 spiro atoms. The molecule has 0 N–H and O–H groups in total. The molecule has 0 aliphatic carbocycles. The van der Waals surface area contributed by atoms with E-state index in [9.17, 15) is 18.0 Å². The molecule has 6 nitrogen and oxygen atoms in total. The largest absolute Gasteiger partial charge is 0.342 e. The number of sulfone groups is 1. The monoisotopic (exact) mass is 484 g/mol. The molecule has 2 aliphatic heterocycles. The second kappa shape index (κ2) is 8.76. The molecule has 2 amide bonds. The Labute approximate surface area is 181 Å². The Kier molecular flexibility index (Phi) is 6.73. The molecular weight excluding hydrogens is 456 g/mol. The first kappa shape index (κ1) is 22.3. The SMILES string of the molecule is CCC(=O)N1CCc2cc(Br)cc(S(=O)(=O)CCC(=O)N3C[C@H](C)C[C@@H](C)C3)c21. The van der Waals surface area contributed by atoms with Crippen LogP contribution in [0.15, 0.2) is 21.5 Å². The van der Waals surface area contributed by atoms with Crippen LogP contribution in [-0.2, 0) is 25.8 Å². The Morgan fingerprint density at radius 1 is 1.14 bits per heavy atom. The number of carbonyl (C=O) groups is 2. The van der Waals surface area contributed by atoms with Gasteiger partial charge in [0.2, 0.25) is 11.8 Å². The van der Waals surface area contributed by atoms with Gasteiger partial charge in [0.25, 0.3) is 0 Å². The zero-order chi connectivity index (χ0) is 21.3. The lowest BCUT2D eigenvalue weighted by atomic mass is 9.92. The van der Waals surface area contributed by atoms with E-state index in [4.69, 9.17) is 0 Å². The highest BCUT2D eigenvalue weighted by molar-refractivity contribution is 9.10. The molecular formula is C21H29BrN2O4S. The summed E-state index contributed by atoms with van der Waals surface area (Å²) in [7, 11) is -3.71. The molecule has 0 bridgehead atoms. The highest BCUT2D eigenvalue weighted by Crippen LogP contribution is 2.38. The van der Waals surface area contributed by atoms with Crippen molar-refractivity contribution in [2.45, 2.75) is 51.3 Å². The van der Waals surface area contributed by atoms with E-state index in [1.807, 2.05) is 6.07 Å². The van der Waals surface area contributed by atoms with Crippen molar-refractivity contribution in [2.24, 2.45) is 11.8 Å². The molecule has 0 saturated carbocycles. The van der Waals surface area contributed by atoms with E-state index in [1.54, 1.807) is 22.8 Å².